The number of hydrogen-bond donors (Lipinski definition) is 2. The van der Waals surface area contributed by atoms with Crippen molar-refractivity contribution < 1.29 is 9.90 Å². The smallest absolute Gasteiger partial charge is 0.326 e. The van der Waals surface area contributed by atoms with Crippen molar-refractivity contribution in [3.05, 3.63) is 18.1 Å². The molecule has 16 heavy (non-hydrogen) atoms. The van der Waals surface area contributed by atoms with Gasteiger partial charge >= 0.3 is 5.97 Å². The van der Waals surface area contributed by atoms with Crippen LogP contribution in [-0.4, -0.2) is 27.1 Å². The van der Waals surface area contributed by atoms with Crippen molar-refractivity contribution in [1.29, 1.82) is 0 Å². The first-order chi connectivity index (χ1) is 7.54. The standard InChI is InChI=1S/C11H17N3O2/c1-4-8(11(15)16)14-10-5-9(7(2)3)12-6-13-10/h5-8H,4H2,1-3H3,(H,15,16)(H,12,13,14). The van der Waals surface area contributed by atoms with Crippen LogP contribution in [0.4, 0.5) is 5.82 Å². The maximum atomic E-state index is 10.8. The minimum absolute atomic E-state index is 0.299. The molecule has 1 heterocycles. The second-order valence-electron chi connectivity index (χ2n) is 3.93. The summed E-state index contributed by atoms with van der Waals surface area (Å²) in [5, 5.41) is 11.8. The topological polar surface area (TPSA) is 75.1 Å². The van der Waals surface area contributed by atoms with Gasteiger partial charge in [-0.2, -0.15) is 0 Å². The summed E-state index contributed by atoms with van der Waals surface area (Å²) in [7, 11) is 0. The number of aromatic nitrogens is 2. The van der Waals surface area contributed by atoms with Gasteiger partial charge in [0.25, 0.3) is 0 Å². The number of carboxylic acids is 1. The number of carboxylic acid groups (broad SMARTS) is 1. The average molecular weight is 223 g/mol. The number of aliphatic carboxylic acids is 1. The van der Waals surface area contributed by atoms with Crippen molar-refractivity contribution in [2.24, 2.45) is 0 Å². The van der Waals surface area contributed by atoms with Gasteiger partial charge in [-0.05, 0) is 12.3 Å². The van der Waals surface area contributed by atoms with Gasteiger partial charge in [-0.25, -0.2) is 14.8 Å². The van der Waals surface area contributed by atoms with Crippen molar-refractivity contribution in [3.8, 4) is 0 Å². The van der Waals surface area contributed by atoms with E-state index in [1.807, 2.05) is 20.8 Å². The zero-order valence-electron chi connectivity index (χ0n) is 9.77. The molecule has 0 amide bonds. The van der Waals surface area contributed by atoms with Crippen LogP contribution in [0.25, 0.3) is 0 Å². The van der Waals surface area contributed by atoms with E-state index in [9.17, 15) is 4.79 Å². The van der Waals surface area contributed by atoms with E-state index in [1.165, 1.54) is 6.33 Å². The van der Waals surface area contributed by atoms with Crippen LogP contribution in [-0.2, 0) is 4.79 Å². The Bertz CT molecular complexity index is 366. The van der Waals surface area contributed by atoms with Gasteiger partial charge in [0.05, 0.1) is 0 Å². The summed E-state index contributed by atoms with van der Waals surface area (Å²) >= 11 is 0. The van der Waals surface area contributed by atoms with Crippen LogP contribution in [0, 0.1) is 0 Å². The summed E-state index contributed by atoms with van der Waals surface area (Å²) in [6, 6.07) is 1.19. The van der Waals surface area contributed by atoms with Crippen molar-refractivity contribution in [2.45, 2.75) is 39.2 Å². The van der Waals surface area contributed by atoms with Gasteiger partial charge in [-0.3, -0.25) is 0 Å². The molecule has 0 aliphatic rings. The Morgan fingerprint density at radius 2 is 2.19 bits per heavy atom. The van der Waals surface area contributed by atoms with Crippen LogP contribution in [0.5, 0.6) is 0 Å². The van der Waals surface area contributed by atoms with Gasteiger partial charge in [0.15, 0.2) is 0 Å². The minimum atomic E-state index is -0.868. The first-order valence-corrected chi connectivity index (χ1v) is 5.35. The zero-order valence-corrected chi connectivity index (χ0v) is 9.77. The molecular weight excluding hydrogens is 206 g/mol. The Balaban J connectivity index is 2.80. The summed E-state index contributed by atoms with van der Waals surface area (Å²) in [6.45, 7) is 5.87. The molecular formula is C11H17N3O2. The number of nitrogens with one attached hydrogen (secondary N) is 1. The van der Waals surface area contributed by atoms with E-state index in [0.717, 1.165) is 5.69 Å². The lowest BCUT2D eigenvalue weighted by molar-refractivity contribution is -0.137. The molecule has 5 heteroatoms. The Hall–Kier alpha value is -1.65. The fourth-order valence-electron chi connectivity index (χ4n) is 1.28. The molecule has 0 saturated heterocycles. The number of carbonyl (C=O) groups is 1. The molecule has 0 aromatic carbocycles. The highest BCUT2D eigenvalue weighted by atomic mass is 16.4. The van der Waals surface area contributed by atoms with E-state index < -0.39 is 12.0 Å². The number of rotatable bonds is 5. The maximum Gasteiger partial charge on any atom is 0.326 e. The lowest BCUT2D eigenvalue weighted by atomic mass is 10.1. The van der Waals surface area contributed by atoms with E-state index in [1.54, 1.807) is 6.07 Å². The fraction of sp³-hybridized carbons (Fsp3) is 0.545. The predicted molar refractivity (Wildman–Crippen MR) is 61.5 cm³/mol. The summed E-state index contributed by atoms with van der Waals surface area (Å²) < 4.78 is 0. The van der Waals surface area contributed by atoms with E-state index >= 15 is 0 Å². The number of hydrogen-bond acceptors (Lipinski definition) is 4. The molecule has 0 spiro atoms. The van der Waals surface area contributed by atoms with E-state index in [-0.39, 0.29) is 0 Å². The molecule has 1 aromatic rings. The van der Waals surface area contributed by atoms with Gasteiger partial charge < -0.3 is 10.4 Å². The second-order valence-corrected chi connectivity index (χ2v) is 3.93. The van der Waals surface area contributed by atoms with Crippen molar-refractivity contribution in [1.82, 2.24) is 9.97 Å². The molecule has 0 fully saturated rings. The van der Waals surface area contributed by atoms with Crippen LogP contribution in [0.3, 0.4) is 0 Å². The summed E-state index contributed by atoms with van der Waals surface area (Å²) in [5.41, 5.74) is 0.901. The highest BCUT2D eigenvalue weighted by molar-refractivity contribution is 5.76. The highest BCUT2D eigenvalue weighted by Crippen LogP contribution is 2.14. The highest BCUT2D eigenvalue weighted by Gasteiger charge is 2.15. The Morgan fingerprint density at radius 1 is 1.50 bits per heavy atom. The fourth-order valence-corrected chi connectivity index (χ4v) is 1.28. The van der Waals surface area contributed by atoms with Crippen molar-refractivity contribution >= 4 is 11.8 Å². The van der Waals surface area contributed by atoms with E-state index in [2.05, 4.69) is 15.3 Å². The molecule has 2 N–H and O–H groups in total. The van der Waals surface area contributed by atoms with E-state index in [4.69, 9.17) is 5.11 Å². The Kier molecular flexibility index (Phi) is 4.22. The van der Waals surface area contributed by atoms with Gasteiger partial charge in [-0.1, -0.05) is 20.8 Å². The average Bonchev–Trinajstić information content (AvgIpc) is 2.25. The van der Waals surface area contributed by atoms with Gasteiger partial charge in [0.2, 0.25) is 0 Å². The maximum absolute atomic E-state index is 10.8. The largest absolute Gasteiger partial charge is 0.480 e. The van der Waals surface area contributed by atoms with Gasteiger partial charge in [0, 0.05) is 11.8 Å². The SMILES string of the molecule is CCC(Nc1cc(C(C)C)ncn1)C(=O)O. The molecule has 1 atom stereocenters. The Labute approximate surface area is 94.9 Å². The summed E-state index contributed by atoms with van der Waals surface area (Å²) in [5.74, 6) is -0.00591. The van der Waals surface area contributed by atoms with Gasteiger partial charge in [-0.15, -0.1) is 0 Å². The molecule has 0 aliphatic carbocycles. The van der Waals surface area contributed by atoms with Crippen LogP contribution >= 0.6 is 0 Å². The minimum Gasteiger partial charge on any atom is -0.480 e. The third-order valence-corrected chi connectivity index (χ3v) is 2.31. The lowest BCUT2D eigenvalue weighted by Crippen LogP contribution is -2.28. The first-order valence-electron chi connectivity index (χ1n) is 5.35. The third-order valence-electron chi connectivity index (χ3n) is 2.31. The third kappa shape index (κ3) is 3.18. The molecule has 0 aliphatic heterocycles. The van der Waals surface area contributed by atoms with E-state index in [0.29, 0.717) is 18.2 Å². The number of nitrogens with zero attached hydrogens (tertiary/aromatic N) is 2. The van der Waals surface area contributed by atoms with Crippen molar-refractivity contribution in [2.75, 3.05) is 5.32 Å². The summed E-state index contributed by atoms with van der Waals surface area (Å²) in [6.07, 6.45) is 1.96. The Morgan fingerprint density at radius 3 is 2.69 bits per heavy atom. The molecule has 0 bridgehead atoms. The molecule has 1 unspecified atom stereocenters. The first kappa shape index (κ1) is 12.4. The normalized spacial score (nSPS) is 12.5. The van der Waals surface area contributed by atoms with Crippen LogP contribution < -0.4 is 5.32 Å². The molecule has 0 saturated carbocycles. The van der Waals surface area contributed by atoms with Crippen LogP contribution in [0.15, 0.2) is 12.4 Å². The van der Waals surface area contributed by atoms with Crippen LogP contribution in [0.1, 0.15) is 38.8 Å². The quantitative estimate of drug-likeness (QED) is 0.797. The predicted octanol–water partition coefficient (Wildman–Crippen LogP) is 1.88. The molecule has 1 rings (SSSR count). The molecule has 5 nitrogen and oxygen atoms in total. The molecule has 1 aromatic heterocycles. The summed E-state index contributed by atoms with van der Waals surface area (Å²) in [4.78, 5) is 19.0. The zero-order chi connectivity index (χ0) is 12.1. The van der Waals surface area contributed by atoms with Gasteiger partial charge in [0.1, 0.15) is 18.2 Å². The molecule has 88 valence electrons. The monoisotopic (exact) mass is 223 g/mol. The second kappa shape index (κ2) is 5.44. The molecule has 0 radical (unpaired) electrons. The van der Waals surface area contributed by atoms with Crippen LogP contribution in [0.2, 0.25) is 0 Å². The van der Waals surface area contributed by atoms with Crippen molar-refractivity contribution in [3.63, 3.8) is 0 Å². The number of anilines is 1. The lowest BCUT2D eigenvalue weighted by Gasteiger charge is -2.13.